The van der Waals surface area contributed by atoms with Gasteiger partial charge in [0.05, 0.1) is 0 Å². The van der Waals surface area contributed by atoms with Crippen LogP contribution in [-0.2, 0) is 25.7 Å². The molecule has 30 heavy (non-hydrogen) atoms. The summed E-state index contributed by atoms with van der Waals surface area (Å²) in [5.41, 5.74) is 4.37. The molecule has 0 saturated heterocycles. The fourth-order valence-corrected chi connectivity index (χ4v) is 35.0. The Morgan fingerprint density at radius 2 is 1.37 bits per heavy atom. The summed E-state index contributed by atoms with van der Waals surface area (Å²) in [4.78, 5) is 12.7. The monoisotopic (exact) mass is 626 g/mol. The molecular formula is C24H30Cl2HfNOSi. The number of hydrogen-bond donors (Lipinski definition) is 1. The molecule has 2 nitrogen and oxygen atoms in total. The van der Waals surface area contributed by atoms with Crippen molar-refractivity contribution in [3.8, 4) is 0 Å². The van der Waals surface area contributed by atoms with Gasteiger partial charge in [0.2, 0.25) is 0 Å². The van der Waals surface area contributed by atoms with Gasteiger partial charge in [0.15, 0.2) is 0 Å². The predicted octanol–water partition coefficient (Wildman–Crippen LogP) is -2.15. The minimum absolute atomic E-state index is 0. The van der Waals surface area contributed by atoms with Gasteiger partial charge in [-0.25, -0.2) is 0 Å². The Hall–Kier alpha value is -0.943. The van der Waals surface area contributed by atoms with E-state index in [1.54, 1.807) is 3.33 Å². The fraction of sp³-hybridized carbons (Fsp3) is 0.292. The van der Waals surface area contributed by atoms with E-state index in [9.17, 15) is 4.79 Å². The number of allylic oxidation sites excluding steroid dienone is 4. The molecule has 0 spiro atoms. The summed E-state index contributed by atoms with van der Waals surface area (Å²) in [7, 11) is 0. The molecule has 0 saturated carbocycles. The number of halogens is 2. The maximum atomic E-state index is 12.7. The Morgan fingerprint density at radius 1 is 0.900 bits per heavy atom. The molecule has 6 heteroatoms. The topological polar surface area (TPSA) is 29.1 Å². The van der Waals surface area contributed by atoms with Crippen LogP contribution in [0.25, 0.3) is 0 Å². The van der Waals surface area contributed by atoms with Crippen LogP contribution in [0, 0.1) is 5.92 Å². The average molecular weight is 626 g/mol. The van der Waals surface area contributed by atoms with Crippen LogP contribution in [0.3, 0.4) is 0 Å². The van der Waals surface area contributed by atoms with Gasteiger partial charge in [0.25, 0.3) is 0 Å². The van der Waals surface area contributed by atoms with Crippen molar-refractivity contribution in [2.75, 3.05) is 0 Å². The maximum absolute atomic E-state index is 12.7. The van der Waals surface area contributed by atoms with E-state index in [0.717, 1.165) is 0 Å². The van der Waals surface area contributed by atoms with Crippen molar-refractivity contribution in [1.82, 2.24) is 3.30 Å². The van der Waals surface area contributed by atoms with Crippen molar-refractivity contribution >= 4 is 22.3 Å². The molecule has 2 aromatic carbocycles. The Balaban J connectivity index is 0.00000225. The van der Waals surface area contributed by atoms with Crippen molar-refractivity contribution in [1.29, 1.82) is 0 Å². The van der Waals surface area contributed by atoms with Gasteiger partial charge < -0.3 is 24.8 Å². The zero-order valence-corrected chi connectivity index (χ0v) is 24.6. The van der Waals surface area contributed by atoms with E-state index in [0.29, 0.717) is 12.3 Å². The van der Waals surface area contributed by atoms with Crippen LogP contribution in [0.15, 0.2) is 80.7 Å². The van der Waals surface area contributed by atoms with Gasteiger partial charge in [0, 0.05) is 0 Å². The molecule has 1 atom stereocenters. The van der Waals surface area contributed by atoms with Crippen LogP contribution in [-0.4, -0.2) is 11.9 Å². The summed E-state index contributed by atoms with van der Waals surface area (Å²) in [6.07, 6.45) is 0.560. The van der Waals surface area contributed by atoms with Gasteiger partial charge in [-0.3, -0.25) is 0 Å². The molecule has 1 unspecified atom stereocenters. The van der Waals surface area contributed by atoms with Crippen LogP contribution < -0.4 is 38.5 Å². The minimum atomic E-state index is -2.71. The first-order chi connectivity index (χ1) is 13.5. The Bertz CT molecular complexity index is 876. The fourth-order valence-electron chi connectivity index (χ4n) is 4.15. The third kappa shape index (κ3) is 5.64. The van der Waals surface area contributed by atoms with E-state index in [4.69, 9.17) is 0 Å². The van der Waals surface area contributed by atoms with Gasteiger partial charge in [-0.15, -0.1) is 0 Å². The predicted molar refractivity (Wildman–Crippen MR) is 118 cm³/mol. The second kappa shape index (κ2) is 12.2. The van der Waals surface area contributed by atoms with Crippen molar-refractivity contribution in [2.45, 2.75) is 41.0 Å². The van der Waals surface area contributed by atoms with Crippen molar-refractivity contribution in [3.05, 3.63) is 80.7 Å². The van der Waals surface area contributed by atoms with Crippen molar-refractivity contribution < 1.29 is 50.5 Å². The number of hydrogen-bond acceptors (Lipinski definition) is 1. The number of amides is 1. The first-order valence-corrected chi connectivity index (χ1v) is 21.7. The second-order valence-electron chi connectivity index (χ2n) is 7.64. The van der Waals surface area contributed by atoms with Crippen molar-refractivity contribution in [3.63, 3.8) is 0 Å². The molecule has 3 rings (SSSR count). The molecule has 2 aromatic rings. The van der Waals surface area contributed by atoms with Crippen LogP contribution in [0.4, 0.5) is 0 Å². The first-order valence-electron chi connectivity index (χ1n) is 10.1. The molecule has 159 valence electrons. The molecule has 0 bridgehead atoms. The maximum Gasteiger partial charge on any atom is -1.00 e. The zero-order chi connectivity index (χ0) is 20.3. The molecule has 0 aliphatic heterocycles. The minimum Gasteiger partial charge on any atom is -1.00 e. The van der Waals surface area contributed by atoms with Gasteiger partial charge >= 0.3 is 179 Å². The van der Waals surface area contributed by atoms with E-state index in [-0.39, 0.29) is 30.7 Å². The van der Waals surface area contributed by atoms with Crippen LogP contribution in [0.1, 0.15) is 41.0 Å². The van der Waals surface area contributed by atoms with Crippen LogP contribution >= 0.6 is 0 Å². The number of carbonyl (C=O) groups excluding carboxylic acids is 1. The second-order valence-corrected chi connectivity index (χ2v) is 26.6. The first kappa shape index (κ1) is 27.1. The summed E-state index contributed by atoms with van der Waals surface area (Å²) in [5.74, 6) is -0.840. The standard InChI is InChI=1S/C12H11Si.C9H13.C3H7NO.2ClH.Hf/c1-3-7-11(8-4-1)13-12-9-5-2-6-10-12;1-6-5-7(2)9(4)8(6)3;1-2-3(4)5;;;/h1-10,13H;6H,1-4H3;2H2,1H3,(H2,4,5);2*1H;/q;;;;;+3/p-3. The normalized spacial score (nSPS) is 15.6. The molecule has 0 radical (unpaired) electrons. The molecule has 0 fully saturated rings. The van der Waals surface area contributed by atoms with Gasteiger partial charge in [0.1, 0.15) is 0 Å². The SMILES string of the molecule is CCC(=O)[NH][Hf+2]([C]1=C(C)C(C)=C(C)C1C)[SiH](c1ccccc1)c1ccccc1.[Cl-].[Cl-]. The Kier molecular flexibility index (Phi) is 11.0. The van der Waals surface area contributed by atoms with E-state index in [2.05, 4.69) is 91.7 Å². The third-order valence-corrected chi connectivity index (χ3v) is 32.9. The molecule has 0 aromatic heterocycles. The largest absolute Gasteiger partial charge is 1.00 e. The number of nitrogens with one attached hydrogen (secondary N) is 1. The van der Waals surface area contributed by atoms with Crippen molar-refractivity contribution in [2.24, 2.45) is 5.92 Å². The summed E-state index contributed by atoms with van der Waals surface area (Å²) in [6.45, 7) is 11.1. The molecular weight excluding hydrogens is 596 g/mol. The third-order valence-electron chi connectivity index (χ3n) is 6.08. The van der Waals surface area contributed by atoms with Gasteiger partial charge in [-0.1, -0.05) is 0 Å². The van der Waals surface area contributed by atoms with Crippen LogP contribution in [0.5, 0.6) is 0 Å². The molecule has 0 heterocycles. The summed E-state index contributed by atoms with van der Waals surface area (Å²) < 4.78 is 5.28. The van der Waals surface area contributed by atoms with E-state index < -0.39 is 26.9 Å². The molecule has 1 amide bonds. The summed E-state index contributed by atoms with van der Waals surface area (Å²) in [5, 5.41) is 2.92. The summed E-state index contributed by atoms with van der Waals surface area (Å²) >= 11 is -2.71. The number of carbonyl (C=O) groups is 1. The van der Waals surface area contributed by atoms with E-state index in [1.807, 2.05) is 6.92 Å². The Morgan fingerprint density at radius 3 is 1.73 bits per heavy atom. The number of rotatable bonds is 6. The molecule has 1 N–H and O–H groups in total. The smallest absolute Gasteiger partial charge is 1.00 e. The van der Waals surface area contributed by atoms with E-state index in [1.165, 1.54) is 27.1 Å². The quantitative estimate of drug-likeness (QED) is 0.365. The molecule has 1 aliphatic carbocycles. The average Bonchev–Trinajstić information content (AvgIpc) is 2.92. The van der Waals surface area contributed by atoms with Crippen LogP contribution in [0.2, 0.25) is 0 Å². The zero-order valence-electron chi connectivity index (χ0n) is 18.3. The van der Waals surface area contributed by atoms with Gasteiger partial charge in [-0.2, -0.15) is 0 Å². The van der Waals surface area contributed by atoms with E-state index >= 15 is 0 Å². The summed E-state index contributed by atoms with van der Waals surface area (Å²) in [6, 6.07) is 21.9. The van der Waals surface area contributed by atoms with Gasteiger partial charge in [-0.05, 0) is 0 Å². The molecule has 1 aliphatic rings. The number of benzene rings is 2. The Labute approximate surface area is 202 Å².